The molecule has 1 amide bonds. The third-order valence-corrected chi connectivity index (χ3v) is 4.37. The van der Waals surface area contributed by atoms with Crippen LogP contribution in [0, 0.1) is 0 Å². The number of anilines is 1. The Morgan fingerprint density at radius 2 is 1.87 bits per heavy atom. The van der Waals surface area contributed by atoms with Gasteiger partial charge in [0.2, 0.25) is 0 Å². The topological polar surface area (TPSA) is 91.7 Å². The number of rotatable bonds is 8. The second-order valence-electron chi connectivity index (χ2n) is 6.52. The number of hydrogen-bond donors (Lipinski definition) is 1. The van der Waals surface area contributed by atoms with Crippen LogP contribution in [0.15, 0.2) is 60.9 Å². The smallest absolute Gasteiger partial charge is 0.342 e. The number of carbonyl (C=O) groups is 2. The summed E-state index contributed by atoms with van der Waals surface area (Å²) >= 11 is 0. The van der Waals surface area contributed by atoms with E-state index in [0.29, 0.717) is 23.7 Å². The summed E-state index contributed by atoms with van der Waals surface area (Å²) in [5.41, 5.74) is 1.74. The molecule has 3 aromatic rings. The zero-order chi connectivity index (χ0) is 21.5. The summed E-state index contributed by atoms with van der Waals surface area (Å²) in [6, 6.07) is 14.8. The van der Waals surface area contributed by atoms with Crippen molar-refractivity contribution < 1.29 is 23.8 Å². The number of carbonyl (C=O) groups excluding carboxylic acids is 2. The van der Waals surface area contributed by atoms with E-state index in [2.05, 4.69) is 10.4 Å². The minimum absolute atomic E-state index is 0.268. The third-order valence-electron chi connectivity index (χ3n) is 4.37. The van der Waals surface area contributed by atoms with Crippen molar-refractivity contribution in [3.63, 3.8) is 0 Å². The monoisotopic (exact) mass is 409 g/mol. The van der Waals surface area contributed by atoms with Crippen LogP contribution in [0.1, 0.15) is 22.8 Å². The van der Waals surface area contributed by atoms with Gasteiger partial charge in [-0.05, 0) is 24.6 Å². The number of ether oxygens (including phenoxy) is 3. The summed E-state index contributed by atoms with van der Waals surface area (Å²) in [4.78, 5) is 24.9. The first-order valence-electron chi connectivity index (χ1n) is 9.30. The quantitative estimate of drug-likeness (QED) is 0.575. The van der Waals surface area contributed by atoms with Gasteiger partial charge in [0, 0.05) is 12.3 Å². The van der Waals surface area contributed by atoms with E-state index in [1.165, 1.54) is 27.3 Å². The molecule has 1 atom stereocenters. The Bertz CT molecular complexity index is 1020. The Morgan fingerprint density at radius 3 is 2.57 bits per heavy atom. The maximum Gasteiger partial charge on any atom is 0.342 e. The molecule has 3 rings (SSSR count). The highest BCUT2D eigenvalue weighted by Crippen LogP contribution is 2.29. The number of amides is 1. The first-order chi connectivity index (χ1) is 14.5. The summed E-state index contributed by atoms with van der Waals surface area (Å²) in [6.45, 7) is 2.02. The minimum atomic E-state index is -1.02. The Kier molecular flexibility index (Phi) is 6.69. The Hall–Kier alpha value is -3.81. The predicted molar refractivity (Wildman–Crippen MR) is 111 cm³/mol. The fourth-order valence-corrected chi connectivity index (χ4v) is 2.75. The second kappa shape index (κ2) is 9.60. The number of hydrogen-bond acceptors (Lipinski definition) is 6. The molecule has 0 saturated heterocycles. The molecule has 0 fully saturated rings. The molecule has 8 heteroatoms. The number of nitrogens with one attached hydrogen (secondary N) is 1. The molecule has 0 radical (unpaired) electrons. The van der Waals surface area contributed by atoms with Gasteiger partial charge in [-0.1, -0.05) is 30.3 Å². The lowest BCUT2D eigenvalue weighted by Gasteiger charge is -2.15. The first-order valence-corrected chi connectivity index (χ1v) is 9.30. The Labute approximate surface area is 174 Å². The third kappa shape index (κ3) is 5.16. The van der Waals surface area contributed by atoms with Crippen LogP contribution in [-0.2, 0) is 16.1 Å². The molecular formula is C22H23N3O5. The minimum Gasteiger partial charge on any atom is -0.497 e. The van der Waals surface area contributed by atoms with Crippen molar-refractivity contribution in [1.29, 1.82) is 0 Å². The molecule has 0 bridgehead atoms. The van der Waals surface area contributed by atoms with Crippen LogP contribution in [0.2, 0.25) is 0 Å². The average Bonchev–Trinajstić information content (AvgIpc) is 3.23. The number of nitrogens with zero attached hydrogens (tertiary/aromatic N) is 2. The largest absolute Gasteiger partial charge is 0.497 e. The second-order valence-corrected chi connectivity index (χ2v) is 6.52. The molecule has 1 N–H and O–H groups in total. The van der Waals surface area contributed by atoms with Gasteiger partial charge in [0.15, 0.2) is 6.10 Å². The van der Waals surface area contributed by atoms with Gasteiger partial charge >= 0.3 is 5.97 Å². The average molecular weight is 409 g/mol. The van der Waals surface area contributed by atoms with Crippen molar-refractivity contribution in [2.75, 3.05) is 19.5 Å². The van der Waals surface area contributed by atoms with Crippen molar-refractivity contribution in [2.45, 2.75) is 19.6 Å². The fourth-order valence-electron chi connectivity index (χ4n) is 2.75. The van der Waals surface area contributed by atoms with Crippen LogP contribution >= 0.6 is 0 Å². The van der Waals surface area contributed by atoms with Gasteiger partial charge in [0.05, 0.1) is 38.2 Å². The molecule has 30 heavy (non-hydrogen) atoms. The van der Waals surface area contributed by atoms with Crippen molar-refractivity contribution >= 4 is 17.6 Å². The van der Waals surface area contributed by atoms with Gasteiger partial charge in [-0.3, -0.25) is 9.48 Å². The van der Waals surface area contributed by atoms with Crippen molar-refractivity contribution in [3.8, 4) is 11.5 Å². The van der Waals surface area contributed by atoms with Crippen molar-refractivity contribution in [3.05, 3.63) is 72.1 Å². The SMILES string of the molecule is COc1ccc(OC)c(NC(=O)C(C)OC(=O)c2cnn(Cc3ccccc3)c2)c1. The lowest BCUT2D eigenvalue weighted by molar-refractivity contribution is -0.123. The zero-order valence-corrected chi connectivity index (χ0v) is 17.0. The maximum absolute atomic E-state index is 12.5. The first kappa shape index (κ1) is 20.9. The summed E-state index contributed by atoms with van der Waals surface area (Å²) in [5, 5.41) is 6.87. The Balaban J connectivity index is 1.61. The van der Waals surface area contributed by atoms with Crippen LogP contribution in [0.3, 0.4) is 0 Å². The molecule has 1 heterocycles. The van der Waals surface area contributed by atoms with Crippen LogP contribution in [0.25, 0.3) is 0 Å². The van der Waals surface area contributed by atoms with Gasteiger partial charge < -0.3 is 19.5 Å². The van der Waals surface area contributed by atoms with Crippen LogP contribution in [0.5, 0.6) is 11.5 Å². The highest BCUT2D eigenvalue weighted by Gasteiger charge is 2.21. The molecule has 8 nitrogen and oxygen atoms in total. The molecule has 1 aromatic heterocycles. The van der Waals surface area contributed by atoms with Gasteiger partial charge in [0.1, 0.15) is 11.5 Å². The summed E-state index contributed by atoms with van der Waals surface area (Å²) in [6.07, 6.45) is 1.98. The van der Waals surface area contributed by atoms with E-state index < -0.39 is 18.0 Å². The number of aromatic nitrogens is 2. The molecule has 156 valence electrons. The molecule has 0 aliphatic carbocycles. The fraction of sp³-hybridized carbons (Fsp3) is 0.227. The van der Waals surface area contributed by atoms with Gasteiger partial charge in [0.25, 0.3) is 5.91 Å². The molecule has 2 aromatic carbocycles. The standard InChI is InChI=1S/C22H23N3O5/c1-15(21(26)24-19-11-18(28-2)9-10-20(19)29-3)30-22(27)17-12-23-25(14-17)13-16-7-5-4-6-8-16/h4-12,14-15H,13H2,1-3H3,(H,24,26). The van der Waals surface area contributed by atoms with Crippen LogP contribution in [0.4, 0.5) is 5.69 Å². The summed E-state index contributed by atoms with van der Waals surface area (Å²) < 4.78 is 17.3. The van der Waals surface area contributed by atoms with E-state index in [9.17, 15) is 9.59 Å². The number of esters is 1. The highest BCUT2D eigenvalue weighted by molar-refractivity contribution is 5.98. The molecule has 0 aliphatic heterocycles. The molecule has 0 aliphatic rings. The Morgan fingerprint density at radius 1 is 1.10 bits per heavy atom. The van der Waals surface area contributed by atoms with Crippen molar-refractivity contribution in [2.24, 2.45) is 0 Å². The normalized spacial score (nSPS) is 11.4. The van der Waals surface area contributed by atoms with E-state index in [1.807, 2.05) is 30.3 Å². The predicted octanol–water partition coefficient (Wildman–Crippen LogP) is 3.13. The van der Waals surface area contributed by atoms with E-state index >= 15 is 0 Å². The lowest BCUT2D eigenvalue weighted by Crippen LogP contribution is -2.30. The van der Waals surface area contributed by atoms with Gasteiger partial charge in [-0.15, -0.1) is 0 Å². The molecule has 1 unspecified atom stereocenters. The van der Waals surface area contributed by atoms with E-state index in [1.54, 1.807) is 29.1 Å². The number of benzene rings is 2. The van der Waals surface area contributed by atoms with Gasteiger partial charge in [-0.2, -0.15) is 5.10 Å². The highest BCUT2D eigenvalue weighted by atomic mass is 16.5. The molecular weight excluding hydrogens is 386 g/mol. The zero-order valence-electron chi connectivity index (χ0n) is 17.0. The van der Waals surface area contributed by atoms with E-state index in [4.69, 9.17) is 14.2 Å². The van der Waals surface area contributed by atoms with Gasteiger partial charge in [-0.25, -0.2) is 4.79 Å². The van der Waals surface area contributed by atoms with Crippen molar-refractivity contribution in [1.82, 2.24) is 9.78 Å². The summed E-state index contributed by atoms with van der Waals surface area (Å²) in [5.74, 6) is -0.104. The maximum atomic E-state index is 12.5. The van der Waals surface area contributed by atoms with E-state index in [-0.39, 0.29) is 5.56 Å². The van der Waals surface area contributed by atoms with E-state index in [0.717, 1.165) is 5.56 Å². The van der Waals surface area contributed by atoms with Crippen LogP contribution in [-0.4, -0.2) is 42.0 Å². The summed E-state index contributed by atoms with van der Waals surface area (Å²) in [7, 11) is 3.02. The lowest BCUT2D eigenvalue weighted by atomic mass is 10.2. The molecule has 0 saturated carbocycles. The number of methoxy groups -OCH3 is 2. The molecule has 0 spiro atoms. The van der Waals surface area contributed by atoms with Crippen LogP contribution < -0.4 is 14.8 Å².